The molecule has 7 heteroatoms. The number of halogens is 1. The Bertz CT molecular complexity index is 613. The summed E-state index contributed by atoms with van der Waals surface area (Å²) in [7, 11) is 1.86. The highest BCUT2D eigenvalue weighted by molar-refractivity contribution is 5.69. The Balaban J connectivity index is 2.21. The smallest absolute Gasteiger partial charge is 0.167 e. The van der Waals surface area contributed by atoms with Gasteiger partial charge in [0.2, 0.25) is 0 Å². The second kappa shape index (κ2) is 6.43. The third-order valence-electron chi connectivity index (χ3n) is 3.07. The Morgan fingerprint density at radius 3 is 2.86 bits per heavy atom. The third-order valence-corrected chi connectivity index (χ3v) is 3.07. The van der Waals surface area contributed by atoms with E-state index < -0.39 is 5.82 Å². The van der Waals surface area contributed by atoms with Crippen molar-refractivity contribution in [3.8, 4) is 5.75 Å². The normalized spacial score (nSPS) is 12.2. The van der Waals surface area contributed by atoms with Crippen molar-refractivity contribution in [3.63, 3.8) is 0 Å². The van der Waals surface area contributed by atoms with E-state index in [0.29, 0.717) is 18.0 Å². The maximum Gasteiger partial charge on any atom is 0.167 e. The molecule has 0 spiro atoms. The molecule has 0 amide bonds. The topological polar surface area (TPSA) is 78.0 Å². The molecule has 6 nitrogen and oxygen atoms in total. The average Bonchev–Trinajstić information content (AvgIpc) is 2.86. The molecular weight excluding hydrogens is 273 g/mol. The van der Waals surface area contributed by atoms with Gasteiger partial charge in [0, 0.05) is 19.2 Å². The Kier molecular flexibility index (Phi) is 4.62. The van der Waals surface area contributed by atoms with Gasteiger partial charge in [0.1, 0.15) is 6.33 Å². The summed E-state index contributed by atoms with van der Waals surface area (Å²) in [6.07, 6.45) is 2.43. The van der Waals surface area contributed by atoms with Gasteiger partial charge in [0.05, 0.1) is 24.0 Å². The summed E-state index contributed by atoms with van der Waals surface area (Å²) < 4.78 is 21.0. The van der Waals surface area contributed by atoms with E-state index in [1.807, 2.05) is 25.5 Å². The molecule has 0 aliphatic rings. The van der Waals surface area contributed by atoms with Crippen LogP contribution >= 0.6 is 0 Å². The summed E-state index contributed by atoms with van der Waals surface area (Å²) in [5.74, 6) is 0.492. The van der Waals surface area contributed by atoms with Crippen molar-refractivity contribution < 1.29 is 9.13 Å². The summed E-state index contributed by atoms with van der Waals surface area (Å²) in [5, 5.41) is 11.1. The minimum atomic E-state index is -0.460. The van der Waals surface area contributed by atoms with Crippen molar-refractivity contribution in [3.05, 3.63) is 30.1 Å². The number of hydrogen-bond acceptors (Lipinski definition) is 5. The third kappa shape index (κ3) is 3.42. The first-order valence-electron chi connectivity index (χ1n) is 6.85. The van der Waals surface area contributed by atoms with Crippen LogP contribution in [0.5, 0.6) is 5.75 Å². The summed E-state index contributed by atoms with van der Waals surface area (Å²) in [6.45, 7) is 4.35. The highest BCUT2D eigenvalue weighted by Crippen LogP contribution is 2.30. The molecule has 2 rings (SSSR count). The molecule has 0 fully saturated rings. The largest absolute Gasteiger partial charge is 0.490 e. The van der Waals surface area contributed by atoms with Gasteiger partial charge in [0.25, 0.3) is 0 Å². The Hall–Kier alpha value is -2.31. The number of nitrogens with two attached hydrogens (primary N) is 1. The number of hydrogen-bond donors (Lipinski definition) is 2. The number of aromatic nitrogens is 3. The molecule has 1 heterocycles. The molecule has 1 aromatic heterocycles. The van der Waals surface area contributed by atoms with Gasteiger partial charge in [-0.25, -0.2) is 4.39 Å². The Labute approximate surface area is 123 Å². The maximum absolute atomic E-state index is 13.8. The van der Waals surface area contributed by atoms with Gasteiger partial charge in [-0.15, -0.1) is 10.2 Å². The summed E-state index contributed by atoms with van der Waals surface area (Å²) in [4.78, 5) is 0. The molecule has 1 unspecified atom stereocenters. The summed E-state index contributed by atoms with van der Waals surface area (Å²) >= 11 is 0. The van der Waals surface area contributed by atoms with E-state index in [-0.39, 0.29) is 11.8 Å². The molecular formula is C14H20FN5O. The molecule has 21 heavy (non-hydrogen) atoms. The van der Waals surface area contributed by atoms with Crippen LogP contribution in [0.2, 0.25) is 0 Å². The van der Waals surface area contributed by atoms with Gasteiger partial charge >= 0.3 is 0 Å². The van der Waals surface area contributed by atoms with E-state index in [0.717, 1.165) is 12.2 Å². The zero-order valence-electron chi connectivity index (χ0n) is 12.4. The fraction of sp³-hybridized carbons (Fsp3) is 0.429. The first-order valence-corrected chi connectivity index (χ1v) is 6.85. The number of nitrogens with one attached hydrogen (secondary N) is 1. The molecule has 0 saturated heterocycles. The van der Waals surface area contributed by atoms with Crippen LogP contribution in [0.1, 0.15) is 32.1 Å². The van der Waals surface area contributed by atoms with E-state index in [1.165, 1.54) is 6.07 Å². The highest BCUT2D eigenvalue weighted by Gasteiger charge is 2.15. The zero-order chi connectivity index (χ0) is 15.4. The van der Waals surface area contributed by atoms with E-state index >= 15 is 0 Å². The van der Waals surface area contributed by atoms with Crippen molar-refractivity contribution in [1.82, 2.24) is 14.8 Å². The lowest BCUT2D eigenvalue weighted by molar-refractivity contribution is 0.301. The van der Waals surface area contributed by atoms with E-state index in [1.54, 1.807) is 12.4 Å². The summed E-state index contributed by atoms with van der Waals surface area (Å²) in [6, 6.07) is 2.72. The number of nitrogen functional groups attached to an aromatic ring is 1. The standard InChI is InChI=1S/C14H20FN5O/c1-4-5-21-13-7-12(11(16)6-10(13)15)18-9(2)14-19-17-8-20(14)3/h6-9,18H,4-5,16H2,1-3H3. The molecule has 0 aliphatic heterocycles. The predicted molar refractivity (Wildman–Crippen MR) is 79.6 cm³/mol. The van der Waals surface area contributed by atoms with Crippen LogP contribution in [0.4, 0.5) is 15.8 Å². The SMILES string of the molecule is CCCOc1cc(NC(C)c2nncn2C)c(N)cc1F. The first-order chi connectivity index (χ1) is 10.0. The van der Waals surface area contributed by atoms with Crippen molar-refractivity contribution in [2.45, 2.75) is 26.3 Å². The lowest BCUT2D eigenvalue weighted by atomic mass is 10.2. The molecule has 0 saturated carbocycles. The van der Waals surface area contributed by atoms with Crippen LogP contribution in [0, 0.1) is 5.82 Å². The molecule has 114 valence electrons. The molecule has 0 aliphatic carbocycles. The van der Waals surface area contributed by atoms with Gasteiger partial charge < -0.3 is 20.4 Å². The van der Waals surface area contributed by atoms with Crippen LogP contribution < -0.4 is 15.8 Å². The van der Waals surface area contributed by atoms with E-state index in [4.69, 9.17) is 10.5 Å². The van der Waals surface area contributed by atoms with E-state index in [2.05, 4.69) is 15.5 Å². The van der Waals surface area contributed by atoms with Crippen molar-refractivity contribution in [2.75, 3.05) is 17.7 Å². The number of rotatable bonds is 6. The second-order valence-electron chi connectivity index (χ2n) is 4.88. The molecule has 3 N–H and O–H groups in total. The lowest BCUT2D eigenvalue weighted by Gasteiger charge is -2.17. The fourth-order valence-electron chi connectivity index (χ4n) is 2.00. The number of benzene rings is 1. The quantitative estimate of drug-likeness (QED) is 0.800. The fourth-order valence-corrected chi connectivity index (χ4v) is 2.00. The minimum absolute atomic E-state index is 0.121. The predicted octanol–water partition coefficient (Wildman–Crippen LogP) is 2.50. The maximum atomic E-state index is 13.8. The molecule has 0 bridgehead atoms. The van der Waals surface area contributed by atoms with E-state index in [9.17, 15) is 4.39 Å². The monoisotopic (exact) mass is 293 g/mol. The van der Waals surface area contributed by atoms with Crippen molar-refractivity contribution in [2.24, 2.45) is 7.05 Å². The van der Waals surface area contributed by atoms with Crippen LogP contribution in [-0.2, 0) is 7.05 Å². The number of anilines is 2. The lowest BCUT2D eigenvalue weighted by Crippen LogP contribution is -2.13. The first kappa shape index (κ1) is 15.1. The molecule has 1 atom stereocenters. The number of nitrogens with zero attached hydrogens (tertiary/aromatic N) is 3. The van der Waals surface area contributed by atoms with Gasteiger partial charge in [0.15, 0.2) is 17.4 Å². The van der Waals surface area contributed by atoms with Crippen LogP contribution in [0.3, 0.4) is 0 Å². The zero-order valence-corrected chi connectivity index (χ0v) is 12.4. The van der Waals surface area contributed by atoms with Crippen LogP contribution in [0.15, 0.2) is 18.5 Å². The Morgan fingerprint density at radius 2 is 2.24 bits per heavy atom. The van der Waals surface area contributed by atoms with Gasteiger partial charge in [-0.1, -0.05) is 6.92 Å². The summed E-state index contributed by atoms with van der Waals surface area (Å²) in [5.41, 5.74) is 6.79. The minimum Gasteiger partial charge on any atom is -0.490 e. The molecule has 1 aromatic carbocycles. The second-order valence-corrected chi connectivity index (χ2v) is 4.88. The van der Waals surface area contributed by atoms with Crippen molar-refractivity contribution in [1.29, 1.82) is 0 Å². The van der Waals surface area contributed by atoms with Crippen LogP contribution in [-0.4, -0.2) is 21.4 Å². The number of ether oxygens (including phenoxy) is 1. The van der Waals surface area contributed by atoms with Crippen LogP contribution in [0.25, 0.3) is 0 Å². The van der Waals surface area contributed by atoms with Crippen molar-refractivity contribution >= 4 is 11.4 Å². The van der Waals surface area contributed by atoms with Gasteiger partial charge in [-0.3, -0.25) is 0 Å². The molecule has 2 aromatic rings. The van der Waals surface area contributed by atoms with Gasteiger partial charge in [-0.05, 0) is 13.3 Å². The average molecular weight is 293 g/mol. The highest BCUT2D eigenvalue weighted by atomic mass is 19.1. The Morgan fingerprint density at radius 1 is 1.48 bits per heavy atom. The van der Waals surface area contributed by atoms with Gasteiger partial charge in [-0.2, -0.15) is 0 Å². The number of aryl methyl sites for hydroxylation is 1. The molecule has 0 radical (unpaired) electrons.